The Morgan fingerprint density at radius 3 is 2.57 bits per heavy atom. The van der Waals surface area contributed by atoms with Gasteiger partial charge in [0.25, 0.3) is 5.91 Å². The number of nitrogens with one attached hydrogen (secondary N) is 2. The number of fused-ring (bicyclic) bond motifs is 1. The smallest absolute Gasteiger partial charge is 0.263 e. The lowest BCUT2D eigenvalue weighted by Crippen LogP contribution is -2.29. The first-order chi connectivity index (χ1) is 14.5. The molecule has 4 heteroatoms. The fraction of sp³-hybridized carbons (Fsp3) is 0.385. The number of anilines is 1. The molecule has 0 aromatic heterocycles. The summed E-state index contributed by atoms with van der Waals surface area (Å²) in [5, 5.41) is 15.7. The fourth-order valence-electron chi connectivity index (χ4n) is 4.06. The van der Waals surface area contributed by atoms with Gasteiger partial charge in [0.05, 0.1) is 6.04 Å². The van der Waals surface area contributed by atoms with Gasteiger partial charge in [-0.2, -0.15) is 5.26 Å². The number of carbonyl (C=O) groups excluding carboxylic acids is 1. The van der Waals surface area contributed by atoms with Crippen molar-refractivity contribution in [2.24, 2.45) is 0 Å². The first kappa shape index (κ1) is 21.6. The Labute approximate surface area is 180 Å². The molecule has 30 heavy (non-hydrogen) atoms. The lowest BCUT2D eigenvalue weighted by atomic mass is 9.88. The highest BCUT2D eigenvalue weighted by Crippen LogP contribution is 2.27. The summed E-state index contributed by atoms with van der Waals surface area (Å²) >= 11 is 0. The summed E-state index contributed by atoms with van der Waals surface area (Å²) in [6, 6.07) is 16.4. The van der Waals surface area contributed by atoms with E-state index in [0.29, 0.717) is 5.92 Å². The van der Waals surface area contributed by atoms with Crippen LogP contribution in [0.5, 0.6) is 0 Å². The van der Waals surface area contributed by atoms with E-state index in [1.54, 1.807) is 0 Å². The topological polar surface area (TPSA) is 64.9 Å². The van der Waals surface area contributed by atoms with Crippen LogP contribution >= 0.6 is 0 Å². The molecular formula is C26H31N3O. The van der Waals surface area contributed by atoms with Crippen LogP contribution in [0.15, 0.2) is 54.2 Å². The first-order valence-corrected chi connectivity index (χ1v) is 10.9. The zero-order chi connectivity index (χ0) is 21.5. The maximum Gasteiger partial charge on any atom is 0.263 e. The molecule has 0 saturated carbocycles. The minimum Gasteiger partial charge on any atom is -0.360 e. The normalized spacial score (nSPS) is 14.6. The quantitative estimate of drug-likeness (QED) is 0.457. The van der Waals surface area contributed by atoms with Crippen molar-refractivity contribution in [3.63, 3.8) is 0 Å². The molecule has 2 aromatic rings. The first-order valence-electron chi connectivity index (χ1n) is 10.9. The minimum atomic E-state index is -0.350. The van der Waals surface area contributed by atoms with Crippen LogP contribution in [-0.2, 0) is 17.6 Å². The zero-order valence-electron chi connectivity index (χ0n) is 18.2. The molecule has 0 radical (unpaired) electrons. The Bertz CT molecular complexity index is 968. The molecule has 0 aliphatic heterocycles. The second-order valence-electron chi connectivity index (χ2n) is 8.23. The standard InChI is InChI=1S/C26H31N3O/c1-4-24(21-14-13-19-9-5-6-10-20(19)15-21)29-26(30)22(16-27)17-28-25-12-8-7-11-23(25)18(2)3/h7-8,11-15,17-18,24,28H,4-6,9-10H2,1-3H3,(H,29,30)/b22-17-. The van der Waals surface area contributed by atoms with E-state index in [-0.39, 0.29) is 17.5 Å². The van der Waals surface area contributed by atoms with Crippen LogP contribution in [0, 0.1) is 11.3 Å². The molecule has 4 nitrogen and oxygen atoms in total. The summed E-state index contributed by atoms with van der Waals surface area (Å²) in [6.45, 7) is 6.29. The average molecular weight is 402 g/mol. The summed E-state index contributed by atoms with van der Waals surface area (Å²) in [4.78, 5) is 12.8. The van der Waals surface area contributed by atoms with Crippen LogP contribution in [-0.4, -0.2) is 5.91 Å². The molecule has 1 amide bonds. The number of nitrogens with zero attached hydrogens (tertiary/aromatic N) is 1. The van der Waals surface area contributed by atoms with Crippen LogP contribution < -0.4 is 10.6 Å². The van der Waals surface area contributed by atoms with Crippen LogP contribution in [0.3, 0.4) is 0 Å². The molecule has 1 aliphatic rings. The SMILES string of the molecule is CCC(NC(=O)/C(C#N)=C\Nc1ccccc1C(C)C)c1ccc2c(c1)CCCC2. The van der Waals surface area contributed by atoms with Crippen molar-refractivity contribution in [3.05, 3.63) is 76.5 Å². The van der Waals surface area contributed by atoms with Crippen LogP contribution in [0.2, 0.25) is 0 Å². The maximum absolute atomic E-state index is 12.8. The molecule has 0 fully saturated rings. The van der Waals surface area contributed by atoms with Crippen molar-refractivity contribution in [2.45, 2.75) is 64.8 Å². The summed E-state index contributed by atoms with van der Waals surface area (Å²) in [7, 11) is 0. The molecule has 1 aliphatic carbocycles. The summed E-state index contributed by atoms with van der Waals surface area (Å²) in [6.07, 6.45) is 7.01. The van der Waals surface area contributed by atoms with Crippen molar-refractivity contribution in [3.8, 4) is 6.07 Å². The van der Waals surface area contributed by atoms with E-state index in [1.807, 2.05) is 24.3 Å². The van der Waals surface area contributed by atoms with E-state index in [9.17, 15) is 10.1 Å². The lowest BCUT2D eigenvalue weighted by Gasteiger charge is -2.21. The van der Waals surface area contributed by atoms with Gasteiger partial charge in [0.1, 0.15) is 11.6 Å². The number of benzene rings is 2. The third-order valence-electron chi connectivity index (χ3n) is 5.81. The van der Waals surface area contributed by atoms with Crippen LogP contribution in [0.25, 0.3) is 0 Å². The van der Waals surface area contributed by atoms with E-state index in [2.05, 4.69) is 55.7 Å². The van der Waals surface area contributed by atoms with Crippen molar-refractivity contribution in [2.75, 3.05) is 5.32 Å². The van der Waals surface area contributed by atoms with Gasteiger partial charge in [-0.05, 0) is 66.3 Å². The van der Waals surface area contributed by atoms with Gasteiger partial charge in [-0.15, -0.1) is 0 Å². The van der Waals surface area contributed by atoms with Crippen molar-refractivity contribution in [1.29, 1.82) is 5.26 Å². The predicted octanol–water partition coefficient (Wildman–Crippen LogP) is 5.78. The second kappa shape index (κ2) is 10.1. The number of hydrogen-bond donors (Lipinski definition) is 2. The van der Waals surface area contributed by atoms with Gasteiger partial charge in [-0.3, -0.25) is 4.79 Å². The molecule has 3 rings (SSSR count). The summed E-state index contributed by atoms with van der Waals surface area (Å²) < 4.78 is 0. The van der Waals surface area contributed by atoms with Crippen molar-refractivity contribution < 1.29 is 4.79 Å². The zero-order valence-corrected chi connectivity index (χ0v) is 18.2. The third-order valence-corrected chi connectivity index (χ3v) is 5.81. The monoisotopic (exact) mass is 401 g/mol. The van der Waals surface area contributed by atoms with Crippen molar-refractivity contribution >= 4 is 11.6 Å². The molecule has 0 heterocycles. The van der Waals surface area contributed by atoms with E-state index in [1.165, 1.54) is 30.2 Å². The molecular weight excluding hydrogens is 370 g/mol. The number of hydrogen-bond acceptors (Lipinski definition) is 3. The van der Waals surface area contributed by atoms with Gasteiger partial charge in [0.15, 0.2) is 0 Å². The number of amides is 1. The molecule has 1 unspecified atom stereocenters. The number of aryl methyl sites for hydroxylation is 2. The maximum atomic E-state index is 12.8. The number of rotatable bonds is 7. The average Bonchev–Trinajstić information content (AvgIpc) is 2.77. The van der Waals surface area contributed by atoms with E-state index in [0.717, 1.165) is 36.1 Å². The van der Waals surface area contributed by atoms with E-state index >= 15 is 0 Å². The summed E-state index contributed by atoms with van der Waals surface area (Å²) in [5.41, 5.74) is 6.07. The molecule has 1 atom stereocenters. The predicted molar refractivity (Wildman–Crippen MR) is 122 cm³/mol. The third kappa shape index (κ3) is 5.10. The molecule has 2 N–H and O–H groups in total. The minimum absolute atomic E-state index is 0.0740. The Morgan fingerprint density at radius 1 is 1.13 bits per heavy atom. The van der Waals surface area contributed by atoms with Gasteiger partial charge in [-0.1, -0.05) is 57.2 Å². The number of para-hydroxylation sites is 1. The number of nitriles is 1. The molecule has 0 spiro atoms. The van der Waals surface area contributed by atoms with E-state index in [4.69, 9.17) is 0 Å². The highest BCUT2D eigenvalue weighted by Gasteiger charge is 2.18. The molecule has 0 saturated heterocycles. The van der Waals surface area contributed by atoms with Gasteiger partial charge < -0.3 is 10.6 Å². The summed E-state index contributed by atoms with van der Waals surface area (Å²) in [5.74, 6) is -0.00783. The van der Waals surface area contributed by atoms with Gasteiger partial charge in [0, 0.05) is 11.9 Å². The highest BCUT2D eigenvalue weighted by atomic mass is 16.1. The Hall–Kier alpha value is -3.06. The molecule has 2 aromatic carbocycles. The number of carbonyl (C=O) groups is 1. The Kier molecular flexibility index (Phi) is 7.30. The van der Waals surface area contributed by atoms with Crippen molar-refractivity contribution in [1.82, 2.24) is 5.32 Å². The van der Waals surface area contributed by atoms with Crippen LogP contribution in [0.1, 0.15) is 74.2 Å². The lowest BCUT2D eigenvalue weighted by molar-refractivity contribution is -0.117. The Morgan fingerprint density at radius 2 is 1.87 bits per heavy atom. The van der Waals surface area contributed by atoms with Crippen LogP contribution in [0.4, 0.5) is 5.69 Å². The second-order valence-corrected chi connectivity index (χ2v) is 8.23. The largest absolute Gasteiger partial charge is 0.360 e. The molecule has 156 valence electrons. The van der Waals surface area contributed by atoms with Gasteiger partial charge >= 0.3 is 0 Å². The Balaban J connectivity index is 1.74. The molecule has 0 bridgehead atoms. The van der Waals surface area contributed by atoms with E-state index < -0.39 is 0 Å². The fourth-order valence-corrected chi connectivity index (χ4v) is 4.06. The van der Waals surface area contributed by atoms with Gasteiger partial charge in [0.2, 0.25) is 0 Å². The highest BCUT2D eigenvalue weighted by molar-refractivity contribution is 5.97. The van der Waals surface area contributed by atoms with Gasteiger partial charge in [-0.25, -0.2) is 0 Å².